The van der Waals surface area contributed by atoms with E-state index in [1.807, 2.05) is 0 Å². The zero-order valence-electron chi connectivity index (χ0n) is 14.3. The van der Waals surface area contributed by atoms with Crippen LogP contribution in [0.5, 0.6) is 0 Å². The Morgan fingerprint density at radius 1 is 1.19 bits per heavy atom. The van der Waals surface area contributed by atoms with Crippen LogP contribution in [0.25, 0.3) is 11.2 Å². The molecule has 3 heterocycles. The summed E-state index contributed by atoms with van der Waals surface area (Å²) in [5, 5.41) is 23.0. The Balaban J connectivity index is 1.51. The van der Waals surface area contributed by atoms with E-state index in [2.05, 4.69) is 25.4 Å². The summed E-state index contributed by atoms with van der Waals surface area (Å²) in [7, 11) is 1.73. The molecule has 1 atom stereocenters. The molecular formula is C16H15ClN8O2. The van der Waals surface area contributed by atoms with E-state index in [1.165, 1.54) is 22.0 Å². The molecule has 0 spiro atoms. The second-order valence-electron chi connectivity index (χ2n) is 6.03. The highest BCUT2D eigenvalue weighted by molar-refractivity contribution is 6.30. The minimum Gasteiger partial charge on any atom is -0.386 e. The number of halogens is 1. The van der Waals surface area contributed by atoms with E-state index >= 15 is 0 Å². The highest BCUT2D eigenvalue weighted by Crippen LogP contribution is 2.17. The number of imidazole rings is 1. The van der Waals surface area contributed by atoms with Crippen molar-refractivity contribution in [1.29, 1.82) is 0 Å². The van der Waals surface area contributed by atoms with Gasteiger partial charge < -0.3 is 9.67 Å². The molecule has 1 N–H and O–H groups in total. The lowest BCUT2D eigenvalue weighted by molar-refractivity contribution is 0.144. The van der Waals surface area contributed by atoms with Gasteiger partial charge in [-0.05, 0) is 22.9 Å². The first-order valence-corrected chi connectivity index (χ1v) is 8.46. The standard InChI is InChI=1S/C16H15ClN8O2/c1-23-8-18-15-14(23)16(27)24(9-19-15)7-13-20-22-25(21-13)6-12(26)10-2-4-11(17)5-3-10/h2-5,8-9,12,26H,6-7H2,1H3/t12-/m0/s1. The van der Waals surface area contributed by atoms with Crippen LogP contribution >= 0.6 is 11.6 Å². The Morgan fingerprint density at radius 2 is 1.93 bits per heavy atom. The maximum Gasteiger partial charge on any atom is 0.280 e. The molecule has 0 aliphatic rings. The number of rotatable bonds is 5. The Morgan fingerprint density at radius 3 is 2.70 bits per heavy atom. The number of aromatic nitrogens is 8. The van der Waals surface area contributed by atoms with Crippen molar-refractivity contribution in [3.63, 3.8) is 0 Å². The summed E-state index contributed by atoms with van der Waals surface area (Å²) < 4.78 is 3.01. The quantitative estimate of drug-likeness (QED) is 0.532. The summed E-state index contributed by atoms with van der Waals surface area (Å²) in [6.07, 6.45) is 2.14. The molecule has 0 amide bonds. The molecule has 3 aromatic heterocycles. The van der Waals surface area contributed by atoms with Crippen molar-refractivity contribution in [2.24, 2.45) is 7.05 Å². The van der Waals surface area contributed by atoms with Crippen molar-refractivity contribution >= 4 is 22.8 Å². The second kappa shape index (κ2) is 6.89. The topological polar surface area (TPSA) is 117 Å². The molecule has 0 fully saturated rings. The van der Waals surface area contributed by atoms with E-state index in [-0.39, 0.29) is 18.6 Å². The summed E-state index contributed by atoms with van der Waals surface area (Å²) >= 11 is 5.85. The molecule has 1 aromatic carbocycles. The zero-order chi connectivity index (χ0) is 19.0. The first-order chi connectivity index (χ1) is 13.0. The molecule has 27 heavy (non-hydrogen) atoms. The van der Waals surface area contributed by atoms with Gasteiger partial charge >= 0.3 is 0 Å². The number of benzene rings is 1. The second-order valence-corrected chi connectivity index (χ2v) is 6.47. The molecule has 0 saturated heterocycles. The largest absolute Gasteiger partial charge is 0.386 e. The van der Waals surface area contributed by atoms with E-state index in [0.29, 0.717) is 27.6 Å². The Kier molecular flexibility index (Phi) is 4.42. The van der Waals surface area contributed by atoms with Gasteiger partial charge in [0.1, 0.15) is 12.4 Å². The average molecular weight is 387 g/mol. The van der Waals surface area contributed by atoms with Gasteiger partial charge in [-0.1, -0.05) is 23.7 Å². The van der Waals surface area contributed by atoms with Gasteiger partial charge in [0.05, 0.1) is 19.4 Å². The van der Waals surface area contributed by atoms with Crippen LogP contribution in [0.2, 0.25) is 5.02 Å². The van der Waals surface area contributed by atoms with Gasteiger partial charge in [-0.25, -0.2) is 9.97 Å². The van der Waals surface area contributed by atoms with Crippen LogP contribution in [0.1, 0.15) is 17.5 Å². The first kappa shape index (κ1) is 17.3. The highest BCUT2D eigenvalue weighted by Gasteiger charge is 2.14. The monoisotopic (exact) mass is 386 g/mol. The molecule has 4 rings (SSSR count). The number of nitrogens with zero attached hydrogens (tertiary/aromatic N) is 8. The fraction of sp³-hybridized carbons (Fsp3) is 0.250. The van der Waals surface area contributed by atoms with Gasteiger partial charge in [0.25, 0.3) is 5.56 Å². The lowest BCUT2D eigenvalue weighted by Crippen LogP contribution is -2.23. The Bertz CT molecular complexity index is 1150. The number of aryl methyl sites for hydroxylation is 1. The lowest BCUT2D eigenvalue weighted by atomic mass is 10.1. The zero-order valence-corrected chi connectivity index (χ0v) is 15.0. The van der Waals surface area contributed by atoms with Gasteiger partial charge in [-0.2, -0.15) is 4.80 Å². The minimum atomic E-state index is -0.806. The molecule has 0 saturated carbocycles. The van der Waals surface area contributed by atoms with E-state index in [0.717, 1.165) is 0 Å². The number of aliphatic hydroxyl groups is 1. The van der Waals surface area contributed by atoms with E-state index in [9.17, 15) is 9.90 Å². The molecule has 0 radical (unpaired) electrons. The lowest BCUT2D eigenvalue weighted by Gasteiger charge is -2.09. The van der Waals surface area contributed by atoms with Crippen LogP contribution in [-0.4, -0.2) is 44.4 Å². The third-order valence-electron chi connectivity index (χ3n) is 4.10. The molecule has 10 nitrogen and oxygen atoms in total. The van der Waals surface area contributed by atoms with Crippen LogP contribution < -0.4 is 5.56 Å². The van der Waals surface area contributed by atoms with Crippen LogP contribution in [0.4, 0.5) is 0 Å². The number of aliphatic hydroxyl groups excluding tert-OH is 1. The van der Waals surface area contributed by atoms with Gasteiger partial charge in [-0.3, -0.25) is 9.36 Å². The SMILES string of the molecule is Cn1cnc2ncn(Cc3nnn(C[C@H](O)c4ccc(Cl)cc4)n3)c(=O)c21. The van der Waals surface area contributed by atoms with Crippen molar-refractivity contribution in [2.75, 3.05) is 0 Å². The molecule has 0 aliphatic heterocycles. The third kappa shape index (κ3) is 3.44. The summed E-state index contributed by atoms with van der Waals surface area (Å²) in [5.41, 5.74) is 1.25. The number of hydrogen-bond donors (Lipinski definition) is 1. The van der Waals surface area contributed by atoms with Crippen LogP contribution in [0, 0.1) is 0 Å². The van der Waals surface area contributed by atoms with E-state index < -0.39 is 6.10 Å². The molecule has 0 unspecified atom stereocenters. The summed E-state index contributed by atoms with van der Waals surface area (Å²) in [6, 6.07) is 6.88. The summed E-state index contributed by atoms with van der Waals surface area (Å²) in [6.45, 7) is 0.243. The maximum absolute atomic E-state index is 12.5. The number of fused-ring (bicyclic) bond motifs is 1. The molecule has 11 heteroatoms. The van der Waals surface area contributed by atoms with Gasteiger partial charge in [0, 0.05) is 12.1 Å². The Hall–Kier alpha value is -3.11. The molecule has 0 bridgehead atoms. The molecule has 4 aromatic rings. The highest BCUT2D eigenvalue weighted by atomic mass is 35.5. The predicted octanol–water partition coefficient (Wildman–Crippen LogP) is 0.552. The fourth-order valence-corrected chi connectivity index (χ4v) is 2.82. The Labute approximate surface area is 157 Å². The molecule has 0 aliphatic carbocycles. The maximum atomic E-state index is 12.5. The number of tetrazole rings is 1. The van der Waals surface area contributed by atoms with Crippen LogP contribution in [0.15, 0.2) is 41.7 Å². The van der Waals surface area contributed by atoms with Gasteiger partial charge in [-0.15, -0.1) is 10.2 Å². The first-order valence-electron chi connectivity index (χ1n) is 8.08. The predicted molar refractivity (Wildman–Crippen MR) is 96.1 cm³/mol. The summed E-state index contributed by atoms with van der Waals surface area (Å²) in [5.74, 6) is 0.337. The van der Waals surface area contributed by atoms with Gasteiger partial charge in [0.15, 0.2) is 17.0 Å². The molecule has 138 valence electrons. The van der Waals surface area contributed by atoms with E-state index in [1.54, 1.807) is 35.9 Å². The molecular weight excluding hydrogens is 372 g/mol. The average Bonchev–Trinajstić information content (AvgIpc) is 3.25. The van der Waals surface area contributed by atoms with E-state index in [4.69, 9.17) is 11.6 Å². The fourth-order valence-electron chi connectivity index (χ4n) is 2.70. The minimum absolute atomic E-state index is 0.115. The van der Waals surface area contributed by atoms with Crippen molar-refractivity contribution < 1.29 is 5.11 Å². The van der Waals surface area contributed by atoms with Crippen molar-refractivity contribution in [3.8, 4) is 0 Å². The van der Waals surface area contributed by atoms with Crippen molar-refractivity contribution in [3.05, 3.63) is 63.7 Å². The van der Waals surface area contributed by atoms with Crippen molar-refractivity contribution in [2.45, 2.75) is 19.2 Å². The smallest absolute Gasteiger partial charge is 0.280 e. The van der Waals surface area contributed by atoms with Crippen LogP contribution in [0.3, 0.4) is 0 Å². The van der Waals surface area contributed by atoms with Crippen molar-refractivity contribution in [1.82, 2.24) is 39.3 Å². The van der Waals surface area contributed by atoms with Crippen LogP contribution in [-0.2, 0) is 20.1 Å². The number of hydrogen-bond acceptors (Lipinski definition) is 7. The normalized spacial score (nSPS) is 12.6. The van der Waals surface area contributed by atoms with Gasteiger partial charge in [0.2, 0.25) is 0 Å². The summed E-state index contributed by atoms with van der Waals surface area (Å²) in [4.78, 5) is 22.0. The third-order valence-corrected chi connectivity index (χ3v) is 4.35.